The van der Waals surface area contributed by atoms with Gasteiger partial charge in [0.15, 0.2) is 0 Å². The zero-order valence-electron chi connectivity index (χ0n) is 11.8. The van der Waals surface area contributed by atoms with Gasteiger partial charge in [0.05, 0.1) is 17.3 Å². The molecule has 2 N–H and O–H groups in total. The summed E-state index contributed by atoms with van der Waals surface area (Å²) in [6, 6.07) is 2.11. The van der Waals surface area contributed by atoms with E-state index in [0.717, 1.165) is 0 Å². The molecule has 1 aromatic rings. The first-order valence-electron chi connectivity index (χ1n) is 6.50. The fraction of sp³-hybridized carbons (Fsp3) is 0.462. The Morgan fingerprint density at radius 3 is 2.73 bits per heavy atom. The Morgan fingerprint density at radius 1 is 1.50 bits per heavy atom. The molecule has 1 atom stereocenters. The van der Waals surface area contributed by atoms with Crippen molar-refractivity contribution in [3.8, 4) is 5.88 Å². The second kappa shape index (κ2) is 6.12. The van der Waals surface area contributed by atoms with Gasteiger partial charge in [-0.2, -0.15) is 8.78 Å². The molecule has 1 aliphatic heterocycles. The van der Waals surface area contributed by atoms with Crippen LogP contribution in [-0.2, 0) is 4.79 Å². The molecule has 0 aliphatic carbocycles. The van der Waals surface area contributed by atoms with Gasteiger partial charge in [-0.1, -0.05) is 0 Å². The minimum atomic E-state index is -2.97. The Labute approximate surface area is 124 Å². The molecule has 2 rings (SSSR count). The molecule has 9 heteroatoms. The Kier molecular flexibility index (Phi) is 4.43. The van der Waals surface area contributed by atoms with Crippen LogP contribution in [0.3, 0.4) is 0 Å². The van der Waals surface area contributed by atoms with Gasteiger partial charge in [-0.25, -0.2) is 9.78 Å². The quantitative estimate of drug-likeness (QED) is 0.887. The third-order valence-corrected chi connectivity index (χ3v) is 3.47. The van der Waals surface area contributed by atoms with Crippen molar-refractivity contribution in [3.05, 3.63) is 18.3 Å². The van der Waals surface area contributed by atoms with Crippen molar-refractivity contribution in [3.63, 3.8) is 0 Å². The molecule has 1 fully saturated rings. The predicted octanol–water partition coefficient (Wildman–Crippen LogP) is 2.01. The smallest absolute Gasteiger partial charge is 0.388 e. The Morgan fingerprint density at radius 2 is 2.23 bits per heavy atom. The zero-order valence-corrected chi connectivity index (χ0v) is 11.8. The first kappa shape index (κ1) is 15.9. The molecule has 0 spiro atoms. The van der Waals surface area contributed by atoms with E-state index in [9.17, 15) is 18.4 Å². The monoisotopic (exact) mass is 315 g/mol. The fourth-order valence-electron chi connectivity index (χ4n) is 2.13. The number of hydrogen-bond acceptors (Lipinski definition) is 4. The average molecular weight is 315 g/mol. The number of likely N-dealkylation sites (tertiary alicyclic amines) is 1. The van der Waals surface area contributed by atoms with Crippen molar-refractivity contribution in [1.82, 2.24) is 9.88 Å². The lowest BCUT2D eigenvalue weighted by molar-refractivity contribution is -0.146. The molecule has 0 saturated carbocycles. The second-order valence-corrected chi connectivity index (χ2v) is 5.23. The van der Waals surface area contributed by atoms with Gasteiger partial charge < -0.3 is 20.1 Å². The van der Waals surface area contributed by atoms with Crippen molar-refractivity contribution >= 4 is 17.7 Å². The normalized spacial score (nSPS) is 21.0. The van der Waals surface area contributed by atoms with Crippen LogP contribution in [-0.4, -0.2) is 46.7 Å². The van der Waals surface area contributed by atoms with E-state index in [4.69, 9.17) is 5.11 Å². The summed E-state index contributed by atoms with van der Waals surface area (Å²) >= 11 is 0. The number of hydrogen-bond donors (Lipinski definition) is 2. The maximum absolute atomic E-state index is 12.0. The largest absolute Gasteiger partial charge is 0.481 e. The van der Waals surface area contributed by atoms with Gasteiger partial charge in [0.25, 0.3) is 0 Å². The van der Waals surface area contributed by atoms with Gasteiger partial charge in [0.1, 0.15) is 0 Å². The Hall–Kier alpha value is -2.45. The van der Waals surface area contributed by atoms with E-state index in [1.807, 2.05) is 0 Å². The van der Waals surface area contributed by atoms with E-state index in [2.05, 4.69) is 15.0 Å². The number of carboxylic acid groups (broad SMARTS) is 1. The van der Waals surface area contributed by atoms with Crippen LogP contribution in [0.25, 0.3) is 0 Å². The van der Waals surface area contributed by atoms with Gasteiger partial charge >= 0.3 is 18.6 Å². The Bertz CT molecular complexity index is 567. The highest BCUT2D eigenvalue weighted by molar-refractivity contribution is 5.90. The molecule has 1 aliphatic rings. The number of nitrogens with zero attached hydrogens (tertiary/aromatic N) is 2. The number of nitrogens with one attached hydrogen (secondary N) is 1. The summed E-state index contributed by atoms with van der Waals surface area (Å²) in [5.41, 5.74) is -0.652. The van der Waals surface area contributed by atoms with Crippen molar-refractivity contribution < 1.29 is 28.2 Å². The molecular formula is C13H15F2N3O4. The summed E-state index contributed by atoms with van der Waals surface area (Å²) in [5, 5.41) is 11.7. The van der Waals surface area contributed by atoms with Crippen molar-refractivity contribution in [2.24, 2.45) is 5.41 Å². The van der Waals surface area contributed by atoms with E-state index in [1.54, 1.807) is 6.92 Å². The summed E-state index contributed by atoms with van der Waals surface area (Å²) in [7, 11) is 0. The molecule has 2 heterocycles. The highest BCUT2D eigenvalue weighted by Gasteiger charge is 2.42. The van der Waals surface area contributed by atoms with E-state index in [0.29, 0.717) is 18.7 Å². The number of urea groups is 1. The maximum atomic E-state index is 12.0. The molecule has 120 valence electrons. The number of carboxylic acids is 1. The SMILES string of the molecule is CC1(C(=O)O)CCN(C(=O)Nc2ccc(OC(F)F)nc2)C1. The van der Waals surface area contributed by atoms with E-state index in [1.165, 1.54) is 23.2 Å². The molecule has 1 unspecified atom stereocenters. The van der Waals surface area contributed by atoms with Gasteiger partial charge in [-0.3, -0.25) is 4.79 Å². The molecule has 7 nitrogen and oxygen atoms in total. The Balaban J connectivity index is 1.94. The standard InChI is InChI=1S/C13H15F2N3O4/c1-13(10(19)20)4-5-18(7-13)12(21)17-8-2-3-9(16-6-8)22-11(14)15/h2-3,6,11H,4-5,7H2,1H3,(H,17,21)(H,19,20). The number of anilines is 1. The molecular weight excluding hydrogens is 300 g/mol. The summed E-state index contributed by atoms with van der Waals surface area (Å²) in [6.45, 7) is -0.949. The number of carbonyl (C=O) groups excluding carboxylic acids is 1. The molecule has 0 aromatic carbocycles. The van der Waals surface area contributed by atoms with Crippen LogP contribution in [0.15, 0.2) is 18.3 Å². The first-order chi connectivity index (χ1) is 10.3. The van der Waals surface area contributed by atoms with E-state index < -0.39 is 24.0 Å². The number of amides is 2. The zero-order chi connectivity index (χ0) is 16.3. The fourth-order valence-corrected chi connectivity index (χ4v) is 2.13. The first-order valence-corrected chi connectivity index (χ1v) is 6.50. The molecule has 0 radical (unpaired) electrons. The van der Waals surface area contributed by atoms with Crippen molar-refractivity contribution in [2.75, 3.05) is 18.4 Å². The van der Waals surface area contributed by atoms with E-state index in [-0.39, 0.29) is 12.4 Å². The van der Waals surface area contributed by atoms with Crippen molar-refractivity contribution in [2.45, 2.75) is 20.0 Å². The highest BCUT2D eigenvalue weighted by Crippen LogP contribution is 2.30. The lowest BCUT2D eigenvalue weighted by Gasteiger charge is -2.20. The molecule has 2 amide bonds. The van der Waals surface area contributed by atoms with Crippen LogP contribution < -0.4 is 10.1 Å². The average Bonchev–Trinajstić information content (AvgIpc) is 2.85. The highest BCUT2D eigenvalue weighted by atomic mass is 19.3. The van der Waals surface area contributed by atoms with Crippen LogP contribution in [0.5, 0.6) is 5.88 Å². The van der Waals surface area contributed by atoms with Crippen LogP contribution in [0, 0.1) is 5.41 Å². The van der Waals surface area contributed by atoms with Gasteiger partial charge in [-0.15, -0.1) is 0 Å². The summed E-state index contributed by atoms with van der Waals surface area (Å²) in [6.07, 6.45) is 1.55. The van der Waals surface area contributed by atoms with Gasteiger partial charge in [0, 0.05) is 19.2 Å². The van der Waals surface area contributed by atoms with E-state index >= 15 is 0 Å². The predicted molar refractivity (Wildman–Crippen MR) is 71.8 cm³/mol. The number of rotatable bonds is 4. The van der Waals surface area contributed by atoms with Crippen molar-refractivity contribution in [1.29, 1.82) is 0 Å². The number of pyridine rings is 1. The summed E-state index contributed by atoms with van der Waals surface area (Å²) < 4.78 is 28.1. The van der Waals surface area contributed by atoms with Crippen LogP contribution in [0.1, 0.15) is 13.3 Å². The minimum absolute atomic E-state index is 0.105. The van der Waals surface area contributed by atoms with Gasteiger partial charge in [-0.05, 0) is 19.4 Å². The number of aromatic nitrogens is 1. The number of aliphatic carboxylic acids is 1. The lowest BCUT2D eigenvalue weighted by atomic mass is 9.90. The maximum Gasteiger partial charge on any atom is 0.388 e. The lowest BCUT2D eigenvalue weighted by Crippen LogP contribution is -2.37. The summed E-state index contributed by atoms with van der Waals surface area (Å²) in [5.74, 6) is -1.20. The second-order valence-electron chi connectivity index (χ2n) is 5.23. The third-order valence-electron chi connectivity index (χ3n) is 3.47. The number of carbonyl (C=O) groups is 2. The minimum Gasteiger partial charge on any atom is -0.481 e. The molecule has 1 aromatic heterocycles. The van der Waals surface area contributed by atoms with Crippen LogP contribution in [0.4, 0.5) is 19.3 Å². The number of alkyl halides is 2. The molecule has 22 heavy (non-hydrogen) atoms. The third kappa shape index (κ3) is 3.60. The molecule has 1 saturated heterocycles. The topological polar surface area (TPSA) is 91.8 Å². The number of halogens is 2. The summed E-state index contributed by atoms with van der Waals surface area (Å²) in [4.78, 5) is 28.2. The molecule has 0 bridgehead atoms. The van der Waals surface area contributed by atoms with Gasteiger partial charge in [0.2, 0.25) is 5.88 Å². The van der Waals surface area contributed by atoms with Crippen LogP contribution >= 0.6 is 0 Å². The number of ether oxygens (including phenoxy) is 1. The van der Waals surface area contributed by atoms with Crippen LogP contribution in [0.2, 0.25) is 0 Å².